The van der Waals surface area contributed by atoms with E-state index in [-0.39, 0.29) is 48.9 Å². The predicted molar refractivity (Wildman–Crippen MR) is 168 cm³/mol. The Kier molecular flexibility index (Phi) is 9.01. The molecule has 5 rings (SSSR count). The van der Waals surface area contributed by atoms with E-state index in [0.29, 0.717) is 24.0 Å². The van der Waals surface area contributed by atoms with Gasteiger partial charge in [0.2, 0.25) is 6.29 Å². The summed E-state index contributed by atoms with van der Waals surface area (Å²) >= 11 is 0. The molecule has 1 aliphatic heterocycles. The fraction of sp³-hybridized carbons (Fsp3) is 0.771. The monoisotopic (exact) mass is 664 g/mol. The van der Waals surface area contributed by atoms with Gasteiger partial charge in [-0.25, -0.2) is 0 Å². The molecule has 1 aromatic rings. The zero-order valence-electron chi connectivity index (χ0n) is 28.4. The lowest BCUT2D eigenvalue weighted by Crippen LogP contribution is -2.63. The van der Waals surface area contributed by atoms with E-state index >= 15 is 0 Å². The number of ketones is 2. The molecule has 0 amide bonds. The highest BCUT2D eigenvalue weighted by Crippen LogP contribution is 2.72. The molecule has 0 bridgehead atoms. The Hall–Kier alpha value is -2.16. The van der Waals surface area contributed by atoms with Crippen molar-refractivity contribution >= 4 is 11.6 Å². The number of Topliss-reactive ketones (excluding diaryl/α,β-unsaturated/α-hetero) is 2. The summed E-state index contributed by atoms with van der Waals surface area (Å²) in [5.41, 5.74) is -3.99. The number of phenols is 1. The highest BCUT2D eigenvalue weighted by molar-refractivity contribution is 5.94. The predicted octanol–water partition coefficient (Wildman–Crippen LogP) is 0.937. The van der Waals surface area contributed by atoms with Gasteiger partial charge in [-0.05, 0) is 99.8 Å². The summed E-state index contributed by atoms with van der Waals surface area (Å²) in [4.78, 5) is 28.0. The van der Waals surface area contributed by atoms with Gasteiger partial charge in [0, 0.05) is 18.8 Å². The van der Waals surface area contributed by atoms with E-state index in [9.17, 15) is 50.4 Å². The van der Waals surface area contributed by atoms with Crippen LogP contribution >= 0.6 is 0 Å². The lowest BCUT2D eigenvalue weighted by molar-refractivity contribution is -0.277. The second kappa shape index (κ2) is 11.7. The molecule has 264 valence electrons. The number of benzene rings is 1. The number of carbonyl (C=O) groups is 2. The molecule has 4 aliphatic rings. The first kappa shape index (κ1) is 36.1. The van der Waals surface area contributed by atoms with Crippen molar-refractivity contribution in [3.8, 4) is 11.5 Å². The van der Waals surface area contributed by atoms with Crippen LogP contribution in [0.1, 0.15) is 90.3 Å². The van der Waals surface area contributed by atoms with Crippen molar-refractivity contribution in [3.05, 3.63) is 22.8 Å². The SMILES string of the molecule is Cc1c(O)c(OC2O[C@H](CO)[C@@H](O)[C@H](O)[C@H]2O)cc2c1CC[C@@H]1[C@@]2(C)C(=O)C[C@]2(C)C(C(C)(O)C(=O)CCC(C)(C)O)[C@H](O)C[C@@]12C. The van der Waals surface area contributed by atoms with Crippen molar-refractivity contribution in [1.82, 2.24) is 0 Å². The van der Waals surface area contributed by atoms with E-state index in [1.807, 2.05) is 20.8 Å². The Morgan fingerprint density at radius 3 is 2.28 bits per heavy atom. The van der Waals surface area contributed by atoms with Crippen LogP contribution in [0.3, 0.4) is 0 Å². The Morgan fingerprint density at radius 2 is 1.68 bits per heavy atom. The van der Waals surface area contributed by atoms with Crippen LogP contribution in [-0.2, 0) is 26.2 Å². The number of aliphatic hydroxyl groups is 7. The van der Waals surface area contributed by atoms with E-state index in [1.165, 1.54) is 6.92 Å². The van der Waals surface area contributed by atoms with Gasteiger partial charge in [-0.3, -0.25) is 9.59 Å². The number of carbonyl (C=O) groups excluding carboxylic acids is 2. The molecule has 0 radical (unpaired) electrons. The lowest BCUT2D eigenvalue weighted by Gasteiger charge is -2.61. The highest BCUT2D eigenvalue weighted by atomic mass is 16.7. The summed E-state index contributed by atoms with van der Waals surface area (Å²) in [6.07, 6.45) is -7.54. The number of phenolic OH excluding ortho intramolecular Hbond substituents is 1. The minimum Gasteiger partial charge on any atom is -0.504 e. The zero-order chi connectivity index (χ0) is 35.2. The van der Waals surface area contributed by atoms with E-state index in [1.54, 1.807) is 26.8 Å². The van der Waals surface area contributed by atoms with Crippen molar-refractivity contribution in [3.63, 3.8) is 0 Å². The van der Waals surface area contributed by atoms with Gasteiger partial charge in [-0.1, -0.05) is 13.8 Å². The van der Waals surface area contributed by atoms with Crippen LogP contribution in [0.15, 0.2) is 6.07 Å². The van der Waals surface area contributed by atoms with Crippen molar-refractivity contribution in [2.45, 2.75) is 140 Å². The third kappa shape index (κ3) is 5.34. The molecule has 12 nitrogen and oxygen atoms in total. The second-order valence-electron chi connectivity index (χ2n) is 16.1. The van der Waals surface area contributed by atoms with Crippen LogP contribution in [0.4, 0.5) is 0 Å². The summed E-state index contributed by atoms with van der Waals surface area (Å²) in [5.74, 6) is -2.26. The van der Waals surface area contributed by atoms with E-state index < -0.39 is 82.6 Å². The first-order chi connectivity index (χ1) is 21.6. The fourth-order valence-electron chi connectivity index (χ4n) is 9.82. The van der Waals surface area contributed by atoms with Gasteiger partial charge in [0.05, 0.1) is 23.7 Å². The van der Waals surface area contributed by atoms with E-state index in [0.717, 1.165) is 5.56 Å². The zero-order valence-corrected chi connectivity index (χ0v) is 28.4. The average Bonchev–Trinajstić information content (AvgIpc) is 3.19. The summed E-state index contributed by atoms with van der Waals surface area (Å²) in [6.45, 7) is 11.4. The molecule has 47 heavy (non-hydrogen) atoms. The van der Waals surface area contributed by atoms with Gasteiger partial charge in [-0.2, -0.15) is 0 Å². The van der Waals surface area contributed by atoms with E-state index in [4.69, 9.17) is 9.47 Å². The van der Waals surface area contributed by atoms with Crippen molar-refractivity contribution in [1.29, 1.82) is 0 Å². The molecule has 12 atom stereocenters. The maximum Gasteiger partial charge on any atom is 0.229 e. The van der Waals surface area contributed by atoms with Gasteiger partial charge in [0.25, 0.3) is 0 Å². The van der Waals surface area contributed by atoms with Crippen molar-refractivity contribution in [2.24, 2.45) is 22.7 Å². The Labute approximate surface area is 275 Å². The first-order valence-corrected chi connectivity index (χ1v) is 16.6. The standard InChI is InChI=1S/C35H52O12/c1-16-17-8-9-22-32(4)13-19(37)29(35(7,45)23(38)10-11-31(2,3)44)33(32,5)14-24(39)34(22,6)18(17)12-20(25(16)40)46-30-28(43)27(42)26(41)21(15-36)47-30/h12,19,21-22,26-30,36-37,40-45H,8-11,13-15H2,1-7H3/t19-,21-,22+,26-,27+,28-,29?,30?,32+,33-,34+,35?/m1/s1. The minimum absolute atomic E-state index is 0.0323. The van der Waals surface area contributed by atoms with Crippen LogP contribution in [0.5, 0.6) is 11.5 Å². The maximum atomic E-state index is 14.6. The van der Waals surface area contributed by atoms with Crippen LogP contribution in [0.2, 0.25) is 0 Å². The largest absolute Gasteiger partial charge is 0.504 e. The Balaban J connectivity index is 1.53. The van der Waals surface area contributed by atoms with Gasteiger partial charge < -0.3 is 50.3 Å². The van der Waals surface area contributed by atoms with Crippen molar-refractivity contribution in [2.75, 3.05) is 6.61 Å². The molecule has 0 aromatic heterocycles. The minimum atomic E-state index is -1.95. The van der Waals surface area contributed by atoms with Crippen molar-refractivity contribution < 1.29 is 59.9 Å². The molecule has 12 heteroatoms. The summed E-state index contributed by atoms with van der Waals surface area (Å²) < 4.78 is 11.4. The smallest absolute Gasteiger partial charge is 0.229 e. The van der Waals surface area contributed by atoms with Gasteiger partial charge in [0.1, 0.15) is 35.8 Å². The maximum absolute atomic E-state index is 14.6. The van der Waals surface area contributed by atoms with Crippen LogP contribution in [0, 0.1) is 29.6 Å². The molecule has 3 unspecified atom stereocenters. The molecule has 1 saturated heterocycles. The number of hydrogen-bond acceptors (Lipinski definition) is 12. The molecule has 1 heterocycles. The molecular weight excluding hydrogens is 612 g/mol. The number of hydrogen-bond donors (Lipinski definition) is 8. The summed E-state index contributed by atoms with van der Waals surface area (Å²) in [6, 6.07) is 1.55. The second-order valence-corrected chi connectivity index (χ2v) is 16.1. The highest BCUT2D eigenvalue weighted by Gasteiger charge is 2.73. The molecule has 3 fully saturated rings. The number of aliphatic hydroxyl groups excluding tert-OH is 5. The molecule has 0 spiro atoms. The third-order valence-corrected chi connectivity index (χ3v) is 12.7. The average molecular weight is 665 g/mol. The molecule has 3 aliphatic carbocycles. The third-order valence-electron chi connectivity index (χ3n) is 12.7. The Bertz CT molecular complexity index is 1420. The van der Waals surface area contributed by atoms with Gasteiger partial charge in [0.15, 0.2) is 17.3 Å². The topological polar surface area (TPSA) is 214 Å². The number of rotatable bonds is 8. The molecule has 2 saturated carbocycles. The van der Waals surface area contributed by atoms with Gasteiger partial charge in [-0.15, -0.1) is 0 Å². The Morgan fingerprint density at radius 1 is 1.04 bits per heavy atom. The lowest BCUT2D eigenvalue weighted by atomic mass is 9.41. The summed E-state index contributed by atoms with van der Waals surface area (Å²) in [7, 11) is 0. The number of aromatic hydroxyl groups is 1. The first-order valence-electron chi connectivity index (χ1n) is 16.6. The molecule has 1 aromatic carbocycles. The van der Waals surface area contributed by atoms with Gasteiger partial charge >= 0.3 is 0 Å². The quantitative estimate of drug-likeness (QED) is 0.195. The molecule has 8 N–H and O–H groups in total. The van der Waals surface area contributed by atoms with Crippen LogP contribution in [-0.4, -0.2) is 107 Å². The van der Waals surface area contributed by atoms with Crippen LogP contribution in [0.25, 0.3) is 0 Å². The normalized spacial score (nSPS) is 41.4. The molecular formula is C35H52O12. The number of fused-ring (bicyclic) bond motifs is 5. The van der Waals surface area contributed by atoms with Crippen LogP contribution < -0.4 is 4.74 Å². The van der Waals surface area contributed by atoms with E-state index in [2.05, 4.69) is 0 Å². The number of ether oxygens (including phenoxy) is 2. The fourth-order valence-corrected chi connectivity index (χ4v) is 9.82. The summed E-state index contributed by atoms with van der Waals surface area (Å²) in [5, 5.41) is 85.5.